The second-order valence-corrected chi connectivity index (χ2v) is 3.60. The van der Waals surface area contributed by atoms with Gasteiger partial charge in [-0.05, 0) is 24.3 Å². The first-order valence-electron chi connectivity index (χ1n) is 4.70. The van der Waals surface area contributed by atoms with Crippen LogP contribution in [0.3, 0.4) is 0 Å². The first-order chi connectivity index (χ1) is 7.00. The summed E-state index contributed by atoms with van der Waals surface area (Å²) in [7, 11) is 1.78. The molecular formula is C11H14FNO2. The summed E-state index contributed by atoms with van der Waals surface area (Å²) in [5.74, 6) is -1.57. The molecule has 4 heteroatoms. The lowest BCUT2D eigenvalue weighted by molar-refractivity contribution is -0.140. The largest absolute Gasteiger partial charge is 0.481 e. The molecule has 0 aliphatic carbocycles. The molecule has 1 aromatic rings. The Bertz CT molecular complexity index is 337. The van der Waals surface area contributed by atoms with E-state index >= 15 is 0 Å². The molecular weight excluding hydrogens is 197 g/mol. The van der Waals surface area contributed by atoms with Gasteiger partial charge in [0.15, 0.2) is 0 Å². The van der Waals surface area contributed by atoms with Crippen LogP contribution in [0, 0.1) is 11.7 Å². The summed E-state index contributed by atoms with van der Waals surface area (Å²) in [5.41, 5.74) is 0.810. The molecule has 1 rings (SSSR count). The Balaban J connectivity index is 2.64. The molecule has 0 fully saturated rings. The molecule has 15 heavy (non-hydrogen) atoms. The van der Waals surface area contributed by atoms with Crippen molar-refractivity contribution in [1.29, 1.82) is 0 Å². The Morgan fingerprint density at radius 2 is 2.00 bits per heavy atom. The maximum absolute atomic E-state index is 12.6. The molecule has 1 N–H and O–H groups in total. The Morgan fingerprint density at radius 3 is 2.47 bits per heavy atom. The van der Waals surface area contributed by atoms with Crippen LogP contribution in [0.15, 0.2) is 24.3 Å². The summed E-state index contributed by atoms with van der Waals surface area (Å²) in [6, 6.07) is 5.97. The van der Waals surface area contributed by atoms with Crippen molar-refractivity contribution in [2.24, 2.45) is 5.92 Å². The van der Waals surface area contributed by atoms with Crippen LogP contribution in [-0.4, -0.2) is 24.7 Å². The van der Waals surface area contributed by atoms with Crippen molar-refractivity contribution in [3.63, 3.8) is 0 Å². The van der Waals surface area contributed by atoms with Crippen LogP contribution in [0.2, 0.25) is 0 Å². The summed E-state index contributed by atoms with van der Waals surface area (Å²) in [5, 5.41) is 8.74. The molecule has 0 spiro atoms. The number of rotatable bonds is 4. The molecule has 0 saturated heterocycles. The Labute approximate surface area is 88.1 Å². The number of hydrogen-bond acceptors (Lipinski definition) is 2. The normalized spacial score (nSPS) is 12.2. The lowest BCUT2D eigenvalue weighted by atomic mass is 10.1. The van der Waals surface area contributed by atoms with E-state index in [1.54, 1.807) is 31.0 Å². The van der Waals surface area contributed by atoms with Gasteiger partial charge in [0.25, 0.3) is 0 Å². The van der Waals surface area contributed by atoms with Gasteiger partial charge in [0.2, 0.25) is 0 Å². The summed E-state index contributed by atoms with van der Waals surface area (Å²) in [6.45, 7) is 2.04. The van der Waals surface area contributed by atoms with Gasteiger partial charge < -0.3 is 10.0 Å². The molecule has 1 aromatic carbocycles. The third-order valence-corrected chi connectivity index (χ3v) is 2.24. The van der Waals surface area contributed by atoms with E-state index in [1.165, 1.54) is 12.1 Å². The van der Waals surface area contributed by atoms with Crippen molar-refractivity contribution in [1.82, 2.24) is 0 Å². The SMILES string of the molecule is CC(CN(C)c1ccc(F)cc1)C(=O)O. The first kappa shape index (κ1) is 11.5. The zero-order chi connectivity index (χ0) is 11.4. The Morgan fingerprint density at radius 1 is 1.47 bits per heavy atom. The number of hydrogen-bond donors (Lipinski definition) is 1. The van der Waals surface area contributed by atoms with Gasteiger partial charge in [0, 0.05) is 19.3 Å². The number of anilines is 1. The van der Waals surface area contributed by atoms with Crippen LogP contribution in [0.5, 0.6) is 0 Å². The molecule has 0 aliphatic heterocycles. The third kappa shape index (κ3) is 3.23. The van der Waals surface area contributed by atoms with E-state index in [9.17, 15) is 9.18 Å². The number of carbonyl (C=O) groups is 1. The lowest BCUT2D eigenvalue weighted by Crippen LogP contribution is -2.28. The Hall–Kier alpha value is -1.58. The van der Waals surface area contributed by atoms with E-state index in [1.807, 2.05) is 0 Å². The first-order valence-corrected chi connectivity index (χ1v) is 4.70. The molecule has 0 amide bonds. The van der Waals surface area contributed by atoms with Crippen molar-refractivity contribution in [3.05, 3.63) is 30.1 Å². The number of nitrogens with zero attached hydrogens (tertiary/aromatic N) is 1. The minimum absolute atomic E-state index is 0.293. The minimum atomic E-state index is -0.830. The zero-order valence-electron chi connectivity index (χ0n) is 8.77. The summed E-state index contributed by atoms with van der Waals surface area (Å²) >= 11 is 0. The maximum Gasteiger partial charge on any atom is 0.308 e. The predicted molar refractivity (Wildman–Crippen MR) is 56.5 cm³/mol. The molecule has 0 bridgehead atoms. The van der Waals surface area contributed by atoms with E-state index in [0.29, 0.717) is 6.54 Å². The van der Waals surface area contributed by atoms with Crippen molar-refractivity contribution in [3.8, 4) is 0 Å². The fraction of sp³-hybridized carbons (Fsp3) is 0.364. The summed E-state index contributed by atoms with van der Waals surface area (Å²) < 4.78 is 12.6. The van der Waals surface area contributed by atoms with Crippen LogP contribution < -0.4 is 4.90 Å². The number of halogens is 1. The summed E-state index contributed by atoms with van der Waals surface area (Å²) in [4.78, 5) is 12.4. The van der Waals surface area contributed by atoms with Gasteiger partial charge in [0.05, 0.1) is 5.92 Å². The second kappa shape index (κ2) is 4.77. The number of carboxylic acid groups (broad SMARTS) is 1. The highest BCUT2D eigenvalue weighted by Gasteiger charge is 2.13. The quantitative estimate of drug-likeness (QED) is 0.827. The highest BCUT2D eigenvalue weighted by Crippen LogP contribution is 2.14. The molecule has 1 unspecified atom stereocenters. The molecule has 0 radical (unpaired) electrons. The lowest BCUT2D eigenvalue weighted by Gasteiger charge is -2.21. The average Bonchev–Trinajstić information content (AvgIpc) is 2.18. The molecule has 1 atom stereocenters. The van der Waals surface area contributed by atoms with Crippen molar-refractivity contribution in [2.45, 2.75) is 6.92 Å². The molecule has 82 valence electrons. The van der Waals surface area contributed by atoms with Crippen molar-refractivity contribution < 1.29 is 14.3 Å². The van der Waals surface area contributed by atoms with Gasteiger partial charge in [-0.1, -0.05) is 6.92 Å². The van der Waals surface area contributed by atoms with Crippen molar-refractivity contribution >= 4 is 11.7 Å². The predicted octanol–water partition coefficient (Wildman–Crippen LogP) is 1.98. The highest BCUT2D eigenvalue weighted by atomic mass is 19.1. The summed E-state index contributed by atoms with van der Waals surface area (Å²) in [6.07, 6.45) is 0. The van der Waals surface area contributed by atoms with Crippen LogP contribution >= 0.6 is 0 Å². The standard InChI is InChI=1S/C11H14FNO2/c1-8(11(14)15)7-13(2)10-5-3-9(12)4-6-10/h3-6,8H,7H2,1-2H3,(H,14,15). The van der Waals surface area contributed by atoms with E-state index < -0.39 is 11.9 Å². The van der Waals surface area contributed by atoms with E-state index in [4.69, 9.17) is 5.11 Å². The van der Waals surface area contributed by atoms with E-state index in [2.05, 4.69) is 0 Å². The monoisotopic (exact) mass is 211 g/mol. The van der Waals surface area contributed by atoms with Crippen molar-refractivity contribution in [2.75, 3.05) is 18.5 Å². The fourth-order valence-corrected chi connectivity index (χ4v) is 1.29. The number of benzene rings is 1. The minimum Gasteiger partial charge on any atom is -0.481 e. The van der Waals surface area contributed by atoms with Crippen LogP contribution in [0.4, 0.5) is 10.1 Å². The highest BCUT2D eigenvalue weighted by molar-refractivity contribution is 5.70. The van der Waals surface area contributed by atoms with Gasteiger partial charge in [-0.3, -0.25) is 4.79 Å². The average molecular weight is 211 g/mol. The van der Waals surface area contributed by atoms with Gasteiger partial charge in [-0.15, -0.1) is 0 Å². The smallest absolute Gasteiger partial charge is 0.308 e. The van der Waals surface area contributed by atoms with Crippen LogP contribution in [0.1, 0.15) is 6.92 Å². The molecule has 0 saturated carbocycles. The van der Waals surface area contributed by atoms with E-state index in [0.717, 1.165) is 5.69 Å². The van der Waals surface area contributed by atoms with Crippen LogP contribution in [0.25, 0.3) is 0 Å². The van der Waals surface area contributed by atoms with Gasteiger partial charge in [-0.2, -0.15) is 0 Å². The molecule has 0 aliphatic rings. The van der Waals surface area contributed by atoms with Gasteiger partial charge in [-0.25, -0.2) is 4.39 Å². The topological polar surface area (TPSA) is 40.5 Å². The number of carboxylic acids is 1. The Kier molecular flexibility index (Phi) is 3.66. The van der Waals surface area contributed by atoms with Gasteiger partial charge in [0.1, 0.15) is 5.82 Å². The third-order valence-electron chi connectivity index (χ3n) is 2.24. The molecule has 0 aromatic heterocycles. The maximum atomic E-state index is 12.6. The van der Waals surface area contributed by atoms with Gasteiger partial charge >= 0.3 is 5.97 Å². The molecule has 3 nitrogen and oxygen atoms in total. The van der Waals surface area contributed by atoms with Crippen LogP contribution in [-0.2, 0) is 4.79 Å². The van der Waals surface area contributed by atoms with E-state index in [-0.39, 0.29) is 5.82 Å². The molecule has 0 heterocycles. The fourth-order valence-electron chi connectivity index (χ4n) is 1.29. The second-order valence-electron chi connectivity index (χ2n) is 3.60. The zero-order valence-corrected chi connectivity index (χ0v) is 8.77. The number of aliphatic carboxylic acids is 1.